The zero-order chi connectivity index (χ0) is 14.5. The van der Waals surface area contributed by atoms with Gasteiger partial charge >= 0.3 is 0 Å². The van der Waals surface area contributed by atoms with Gasteiger partial charge in [-0.25, -0.2) is 4.98 Å². The Balaban J connectivity index is 0.00000220. The van der Waals surface area contributed by atoms with Crippen molar-refractivity contribution in [3.05, 3.63) is 36.3 Å². The van der Waals surface area contributed by atoms with Crippen LogP contribution in [0.25, 0.3) is 5.65 Å². The fourth-order valence-corrected chi connectivity index (χ4v) is 1.82. The van der Waals surface area contributed by atoms with Gasteiger partial charge in [0.05, 0.1) is 12.2 Å². The van der Waals surface area contributed by atoms with E-state index in [-0.39, 0.29) is 24.0 Å². The second kappa shape index (κ2) is 8.21. The molecule has 0 saturated heterocycles. The van der Waals surface area contributed by atoms with Crippen LogP contribution in [0.4, 0.5) is 0 Å². The number of rotatable bonds is 4. The molecule has 21 heavy (non-hydrogen) atoms. The molecule has 0 aliphatic rings. The number of pyridine rings is 1. The van der Waals surface area contributed by atoms with Crippen molar-refractivity contribution in [1.29, 1.82) is 0 Å². The molecule has 2 aromatic rings. The van der Waals surface area contributed by atoms with E-state index in [1.807, 2.05) is 35.0 Å². The summed E-state index contributed by atoms with van der Waals surface area (Å²) in [6, 6.07) is 6.36. The lowest BCUT2D eigenvalue weighted by Crippen LogP contribution is -2.43. The zero-order valence-corrected chi connectivity index (χ0v) is 15.3. The van der Waals surface area contributed by atoms with E-state index < -0.39 is 0 Å². The molecule has 6 heteroatoms. The Morgan fingerprint density at radius 1 is 1.33 bits per heavy atom. The van der Waals surface area contributed by atoms with Gasteiger partial charge in [-0.3, -0.25) is 4.99 Å². The normalized spacial score (nSPS) is 13.1. The highest BCUT2D eigenvalue weighted by Crippen LogP contribution is 2.04. The van der Waals surface area contributed by atoms with Crippen molar-refractivity contribution in [2.75, 3.05) is 7.05 Å². The fourth-order valence-electron chi connectivity index (χ4n) is 1.82. The molecular weight excluding hydrogens is 377 g/mol. The molecule has 2 rings (SSSR count). The molecule has 0 aliphatic carbocycles. The molecule has 0 aliphatic heterocycles. The van der Waals surface area contributed by atoms with Crippen LogP contribution in [0, 0.1) is 5.92 Å². The minimum atomic E-state index is 0. The smallest absolute Gasteiger partial charge is 0.191 e. The third-order valence-corrected chi connectivity index (χ3v) is 3.44. The molecule has 0 fully saturated rings. The molecule has 5 nitrogen and oxygen atoms in total. The first-order valence-electron chi connectivity index (χ1n) is 7.00. The average Bonchev–Trinajstić information content (AvgIpc) is 2.85. The van der Waals surface area contributed by atoms with Crippen LogP contribution in [-0.2, 0) is 6.54 Å². The molecule has 116 valence electrons. The fraction of sp³-hybridized carbons (Fsp3) is 0.467. The van der Waals surface area contributed by atoms with Gasteiger partial charge in [-0.15, -0.1) is 24.0 Å². The highest BCUT2D eigenvalue weighted by molar-refractivity contribution is 14.0. The Bertz CT molecular complexity index is 558. The van der Waals surface area contributed by atoms with Gasteiger partial charge in [-0.05, 0) is 25.0 Å². The molecule has 1 atom stereocenters. The highest BCUT2D eigenvalue weighted by atomic mass is 127. The van der Waals surface area contributed by atoms with Crippen molar-refractivity contribution >= 4 is 35.6 Å². The van der Waals surface area contributed by atoms with Gasteiger partial charge in [0.2, 0.25) is 0 Å². The topological polar surface area (TPSA) is 53.7 Å². The van der Waals surface area contributed by atoms with Crippen LogP contribution in [-0.4, -0.2) is 28.4 Å². The van der Waals surface area contributed by atoms with Crippen LogP contribution in [0.1, 0.15) is 26.5 Å². The van der Waals surface area contributed by atoms with Gasteiger partial charge < -0.3 is 15.0 Å². The summed E-state index contributed by atoms with van der Waals surface area (Å²) in [4.78, 5) is 8.79. The molecular formula is C15H24IN5. The number of nitrogens with one attached hydrogen (secondary N) is 2. The van der Waals surface area contributed by atoms with Crippen LogP contribution >= 0.6 is 24.0 Å². The first kappa shape index (κ1) is 17.7. The van der Waals surface area contributed by atoms with Crippen LogP contribution in [0.5, 0.6) is 0 Å². The number of aliphatic imine (C=N–C) groups is 1. The number of nitrogens with zero attached hydrogens (tertiary/aromatic N) is 3. The maximum absolute atomic E-state index is 4.55. The maximum atomic E-state index is 4.55. The van der Waals surface area contributed by atoms with Gasteiger partial charge in [0.25, 0.3) is 0 Å². The summed E-state index contributed by atoms with van der Waals surface area (Å²) in [5.74, 6) is 1.37. The summed E-state index contributed by atoms with van der Waals surface area (Å²) in [6.07, 6.45) is 4.03. The Morgan fingerprint density at radius 2 is 2.10 bits per heavy atom. The summed E-state index contributed by atoms with van der Waals surface area (Å²) in [6.45, 7) is 7.19. The van der Waals surface area contributed by atoms with Crippen molar-refractivity contribution in [3.63, 3.8) is 0 Å². The number of imidazole rings is 1. The Kier molecular flexibility index (Phi) is 6.94. The average molecular weight is 401 g/mol. The molecule has 0 aromatic carbocycles. The van der Waals surface area contributed by atoms with E-state index in [0.29, 0.717) is 18.5 Å². The molecule has 1 unspecified atom stereocenters. The summed E-state index contributed by atoms with van der Waals surface area (Å²) in [5.41, 5.74) is 1.96. The van der Waals surface area contributed by atoms with Gasteiger partial charge in [0, 0.05) is 25.5 Å². The Labute approximate surface area is 143 Å². The third-order valence-electron chi connectivity index (χ3n) is 3.44. The maximum Gasteiger partial charge on any atom is 0.191 e. The van der Waals surface area contributed by atoms with Crippen LogP contribution in [0.2, 0.25) is 0 Å². The van der Waals surface area contributed by atoms with Crippen molar-refractivity contribution in [2.45, 2.75) is 33.4 Å². The van der Waals surface area contributed by atoms with Crippen LogP contribution < -0.4 is 10.6 Å². The SMILES string of the molecule is CN=C(NCc1cn2ccccc2n1)NC(C)C(C)C.I. The minimum Gasteiger partial charge on any atom is -0.354 e. The predicted octanol–water partition coefficient (Wildman–Crippen LogP) is 2.66. The van der Waals surface area contributed by atoms with E-state index >= 15 is 0 Å². The molecule has 2 heterocycles. The molecule has 0 saturated carbocycles. The molecule has 0 amide bonds. The van der Waals surface area contributed by atoms with E-state index in [9.17, 15) is 0 Å². The monoisotopic (exact) mass is 401 g/mol. The van der Waals surface area contributed by atoms with Gasteiger partial charge in [-0.2, -0.15) is 0 Å². The van der Waals surface area contributed by atoms with Crippen LogP contribution in [0.3, 0.4) is 0 Å². The summed E-state index contributed by atoms with van der Waals surface area (Å²) in [5, 5.41) is 6.67. The molecule has 2 N–H and O–H groups in total. The van der Waals surface area contributed by atoms with E-state index in [2.05, 4.69) is 41.4 Å². The lowest BCUT2D eigenvalue weighted by molar-refractivity contribution is 0.480. The standard InChI is InChI=1S/C15H23N5.HI/c1-11(2)12(3)18-15(16-4)17-9-13-10-20-8-6-5-7-14(20)19-13;/h5-8,10-12H,9H2,1-4H3,(H2,16,17,18);1H. The number of aromatic nitrogens is 2. The van der Waals surface area contributed by atoms with Gasteiger partial charge in [0.1, 0.15) is 5.65 Å². The minimum absolute atomic E-state index is 0. The lowest BCUT2D eigenvalue weighted by Gasteiger charge is -2.20. The van der Waals surface area contributed by atoms with Crippen molar-refractivity contribution in [1.82, 2.24) is 20.0 Å². The number of guanidine groups is 1. The molecule has 0 radical (unpaired) electrons. The first-order valence-corrected chi connectivity index (χ1v) is 7.00. The van der Waals surface area contributed by atoms with Gasteiger partial charge in [-0.1, -0.05) is 19.9 Å². The molecule has 0 spiro atoms. The van der Waals surface area contributed by atoms with Crippen molar-refractivity contribution in [3.8, 4) is 0 Å². The van der Waals surface area contributed by atoms with E-state index in [0.717, 1.165) is 17.3 Å². The highest BCUT2D eigenvalue weighted by Gasteiger charge is 2.09. The number of halogens is 1. The lowest BCUT2D eigenvalue weighted by atomic mass is 10.1. The number of hydrogen-bond acceptors (Lipinski definition) is 2. The summed E-state index contributed by atoms with van der Waals surface area (Å²) in [7, 11) is 1.78. The second-order valence-electron chi connectivity index (χ2n) is 5.30. The Morgan fingerprint density at radius 3 is 2.71 bits per heavy atom. The predicted molar refractivity (Wildman–Crippen MR) is 98.2 cm³/mol. The first-order chi connectivity index (χ1) is 9.60. The largest absolute Gasteiger partial charge is 0.354 e. The summed E-state index contributed by atoms with van der Waals surface area (Å²) < 4.78 is 2.02. The second-order valence-corrected chi connectivity index (χ2v) is 5.30. The van der Waals surface area contributed by atoms with E-state index in [1.165, 1.54) is 0 Å². The molecule has 0 bridgehead atoms. The zero-order valence-electron chi connectivity index (χ0n) is 13.0. The van der Waals surface area contributed by atoms with Gasteiger partial charge in [0.15, 0.2) is 5.96 Å². The van der Waals surface area contributed by atoms with E-state index in [1.54, 1.807) is 7.05 Å². The van der Waals surface area contributed by atoms with Crippen molar-refractivity contribution < 1.29 is 0 Å². The Hall–Kier alpha value is -1.31. The quantitative estimate of drug-likeness (QED) is 0.471. The third kappa shape index (κ3) is 4.87. The van der Waals surface area contributed by atoms with Crippen molar-refractivity contribution in [2.24, 2.45) is 10.9 Å². The summed E-state index contributed by atoms with van der Waals surface area (Å²) >= 11 is 0. The molecule has 2 aromatic heterocycles. The number of fused-ring (bicyclic) bond motifs is 1. The number of hydrogen-bond donors (Lipinski definition) is 2. The van der Waals surface area contributed by atoms with Crippen LogP contribution in [0.15, 0.2) is 35.6 Å². The van der Waals surface area contributed by atoms with E-state index in [4.69, 9.17) is 0 Å².